The van der Waals surface area contributed by atoms with Crippen LogP contribution >= 0.6 is 11.6 Å². The highest BCUT2D eigenvalue weighted by atomic mass is 35.5. The molecular weight excluding hydrogens is 269 g/mol. The van der Waals surface area contributed by atoms with Gasteiger partial charge < -0.3 is 10.1 Å². The van der Waals surface area contributed by atoms with Gasteiger partial charge in [-0.2, -0.15) is 0 Å². The third-order valence-electron chi connectivity index (χ3n) is 2.48. The van der Waals surface area contributed by atoms with E-state index < -0.39 is 11.7 Å². The van der Waals surface area contributed by atoms with Crippen LogP contribution in [-0.2, 0) is 4.74 Å². The summed E-state index contributed by atoms with van der Waals surface area (Å²) in [5.41, 5.74) is -0.0223. The summed E-state index contributed by atoms with van der Waals surface area (Å²) in [5.74, 6) is -1.00. The van der Waals surface area contributed by atoms with Crippen LogP contribution in [0.2, 0.25) is 5.02 Å². The molecule has 0 radical (unpaired) electrons. The number of nitrogens with one attached hydrogen (secondary N) is 1. The second-order valence-electron chi connectivity index (χ2n) is 4.51. The minimum Gasteiger partial charge on any atom is -0.379 e. The van der Waals surface area contributed by atoms with Crippen LogP contribution in [0.25, 0.3) is 0 Å². The van der Waals surface area contributed by atoms with E-state index in [0.29, 0.717) is 18.2 Å². The molecule has 19 heavy (non-hydrogen) atoms. The first-order chi connectivity index (χ1) is 9.00. The van der Waals surface area contributed by atoms with Gasteiger partial charge >= 0.3 is 0 Å². The van der Waals surface area contributed by atoms with E-state index >= 15 is 0 Å². The highest BCUT2D eigenvalue weighted by molar-refractivity contribution is 6.30. The second kappa shape index (κ2) is 8.12. The van der Waals surface area contributed by atoms with Crippen molar-refractivity contribution in [1.82, 2.24) is 5.32 Å². The van der Waals surface area contributed by atoms with Gasteiger partial charge in [0.1, 0.15) is 5.82 Å². The Morgan fingerprint density at radius 1 is 1.42 bits per heavy atom. The minimum absolute atomic E-state index is 0.0223. The molecule has 0 atom stereocenters. The predicted molar refractivity (Wildman–Crippen MR) is 74.1 cm³/mol. The van der Waals surface area contributed by atoms with Crippen molar-refractivity contribution in [3.05, 3.63) is 34.6 Å². The lowest BCUT2D eigenvalue weighted by Gasteiger charge is -2.08. The van der Waals surface area contributed by atoms with Crippen molar-refractivity contribution < 1.29 is 13.9 Å². The highest BCUT2D eigenvalue weighted by Gasteiger charge is 2.11. The average molecular weight is 288 g/mol. The summed E-state index contributed by atoms with van der Waals surface area (Å²) in [4.78, 5) is 11.7. The van der Waals surface area contributed by atoms with Crippen LogP contribution in [0.15, 0.2) is 18.2 Å². The Morgan fingerprint density at radius 3 is 2.84 bits per heavy atom. The van der Waals surface area contributed by atoms with Crippen LogP contribution in [-0.4, -0.2) is 25.2 Å². The normalized spacial score (nSPS) is 10.8. The smallest absolute Gasteiger partial charge is 0.254 e. The molecule has 1 N–H and O–H groups in total. The highest BCUT2D eigenvalue weighted by Crippen LogP contribution is 2.14. The molecule has 1 aromatic rings. The average Bonchev–Trinajstić information content (AvgIpc) is 2.36. The van der Waals surface area contributed by atoms with E-state index in [0.717, 1.165) is 12.8 Å². The van der Waals surface area contributed by atoms with E-state index in [1.54, 1.807) is 0 Å². The van der Waals surface area contributed by atoms with E-state index in [-0.39, 0.29) is 11.7 Å². The zero-order valence-electron chi connectivity index (χ0n) is 11.2. The molecule has 3 nitrogen and oxygen atoms in total. The number of amides is 1. The number of rotatable bonds is 7. The van der Waals surface area contributed by atoms with Crippen LogP contribution in [0.3, 0.4) is 0 Å². The molecule has 0 saturated heterocycles. The topological polar surface area (TPSA) is 38.3 Å². The number of carbonyl (C=O) groups is 1. The van der Waals surface area contributed by atoms with Crippen LogP contribution < -0.4 is 5.32 Å². The van der Waals surface area contributed by atoms with Crippen LogP contribution in [0.4, 0.5) is 4.39 Å². The van der Waals surface area contributed by atoms with E-state index in [4.69, 9.17) is 16.3 Å². The lowest BCUT2D eigenvalue weighted by atomic mass is 10.2. The minimum atomic E-state index is -0.565. The Balaban J connectivity index is 2.29. The Labute approximate surface area is 118 Å². The second-order valence-corrected chi connectivity index (χ2v) is 4.94. The number of unbranched alkanes of at least 4 members (excludes halogenated alkanes) is 1. The lowest BCUT2D eigenvalue weighted by molar-refractivity contribution is 0.0754. The number of carbonyl (C=O) groups excluding carboxylic acids is 1. The molecule has 0 aliphatic heterocycles. The molecule has 1 amide bonds. The largest absolute Gasteiger partial charge is 0.379 e. The summed E-state index contributed by atoms with van der Waals surface area (Å²) in [7, 11) is 0. The first kappa shape index (κ1) is 15.9. The van der Waals surface area contributed by atoms with Crippen molar-refractivity contribution in [2.75, 3.05) is 13.2 Å². The van der Waals surface area contributed by atoms with Crippen molar-refractivity contribution in [1.29, 1.82) is 0 Å². The van der Waals surface area contributed by atoms with Gasteiger partial charge in [-0.1, -0.05) is 11.6 Å². The van der Waals surface area contributed by atoms with E-state index in [1.165, 1.54) is 18.2 Å². The third kappa shape index (κ3) is 6.03. The molecule has 1 rings (SSSR count). The van der Waals surface area contributed by atoms with Gasteiger partial charge in [-0.05, 0) is 44.9 Å². The fourth-order valence-corrected chi connectivity index (χ4v) is 1.69. The van der Waals surface area contributed by atoms with Gasteiger partial charge in [0.15, 0.2) is 0 Å². The van der Waals surface area contributed by atoms with E-state index in [2.05, 4.69) is 5.32 Å². The zero-order chi connectivity index (χ0) is 14.3. The number of hydrogen-bond acceptors (Lipinski definition) is 2. The van der Waals surface area contributed by atoms with E-state index in [9.17, 15) is 9.18 Å². The number of ether oxygens (including phenoxy) is 1. The lowest BCUT2D eigenvalue weighted by Crippen LogP contribution is -2.25. The van der Waals surface area contributed by atoms with Gasteiger partial charge in [0.2, 0.25) is 0 Å². The molecule has 0 aliphatic carbocycles. The maximum atomic E-state index is 13.4. The van der Waals surface area contributed by atoms with Gasteiger partial charge in [0, 0.05) is 18.2 Å². The summed E-state index contributed by atoms with van der Waals surface area (Å²) in [6, 6.07) is 3.93. The zero-order valence-corrected chi connectivity index (χ0v) is 12.0. The molecule has 0 aromatic heterocycles. The summed E-state index contributed by atoms with van der Waals surface area (Å²) in [6.45, 7) is 5.11. The maximum Gasteiger partial charge on any atom is 0.254 e. The molecular formula is C14H19ClFNO2. The van der Waals surface area contributed by atoms with Crippen molar-refractivity contribution in [3.63, 3.8) is 0 Å². The van der Waals surface area contributed by atoms with Crippen molar-refractivity contribution in [2.45, 2.75) is 32.8 Å². The Hall–Kier alpha value is -1.13. The molecule has 5 heteroatoms. The third-order valence-corrected chi connectivity index (χ3v) is 2.72. The van der Waals surface area contributed by atoms with Gasteiger partial charge in [0.25, 0.3) is 5.91 Å². The van der Waals surface area contributed by atoms with Gasteiger partial charge in [-0.3, -0.25) is 4.79 Å². The van der Waals surface area contributed by atoms with Crippen molar-refractivity contribution in [3.8, 4) is 0 Å². The summed E-state index contributed by atoms with van der Waals surface area (Å²) in [5, 5.41) is 3.01. The molecule has 0 saturated carbocycles. The molecule has 0 heterocycles. The monoisotopic (exact) mass is 287 g/mol. The molecule has 0 aliphatic rings. The van der Waals surface area contributed by atoms with Gasteiger partial charge in [-0.15, -0.1) is 0 Å². The van der Waals surface area contributed by atoms with Crippen LogP contribution in [0.1, 0.15) is 37.0 Å². The SMILES string of the molecule is CC(C)OCCCCNC(=O)c1cc(Cl)ccc1F. The standard InChI is InChI=1S/C14H19ClFNO2/c1-10(2)19-8-4-3-7-17-14(18)12-9-11(15)5-6-13(12)16/h5-6,9-10H,3-4,7-8H2,1-2H3,(H,17,18). The van der Waals surface area contributed by atoms with Gasteiger partial charge in [-0.25, -0.2) is 4.39 Å². The Kier molecular flexibility index (Phi) is 6.81. The molecule has 1 aromatic carbocycles. The predicted octanol–water partition coefficient (Wildman–Crippen LogP) is 3.41. The summed E-state index contributed by atoms with van der Waals surface area (Å²) >= 11 is 5.73. The molecule has 0 fully saturated rings. The van der Waals surface area contributed by atoms with Crippen LogP contribution in [0.5, 0.6) is 0 Å². The molecule has 0 unspecified atom stereocenters. The first-order valence-corrected chi connectivity index (χ1v) is 6.73. The molecule has 0 bridgehead atoms. The number of halogens is 2. The van der Waals surface area contributed by atoms with Crippen LogP contribution in [0, 0.1) is 5.82 Å². The quantitative estimate of drug-likeness (QED) is 0.781. The van der Waals surface area contributed by atoms with Gasteiger partial charge in [0.05, 0.1) is 11.7 Å². The molecule has 106 valence electrons. The van der Waals surface area contributed by atoms with E-state index in [1.807, 2.05) is 13.8 Å². The first-order valence-electron chi connectivity index (χ1n) is 6.35. The summed E-state index contributed by atoms with van der Waals surface area (Å²) < 4.78 is 18.8. The summed E-state index contributed by atoms with van der Waals surface area (Å²) in [6.07, 6.45) is 1.87. The Morgan fingerprint density at radius 2 is 2.16 bits per heavy atom. The molecule has 0 spiro atoms. The fraction of sp³-hybridized carbons (Fsp3) is 0.500. The maximum absolute atomic E-state index is 13.4. The number of benzene rings is 1. The van der Waals surface area contributed by atoms with Crippen molar-refractivity contribution >= 4 is 17.5 Å². The Bertz CT molecular complexity index is 424. The fourth-order valence-electron chi connectivity index (χ4n) is 1.51. The number of hydrogen-bond donors (Lipinski definition) is 1. The van der Waals surface area contributed by atoms with Crippen molar-refractivity contribution in [2.24, 2.45) is 0 Å².